The van der Waals surface area contributed by atoms with Crippen LogP contribution in [0.15, 0.2) is 30.3 Å². The Bertz CT molecular complexity index is 544. The summed E-state index contributed by atoms with van der Waals surface area (Å²) in [5, 5.41) is 8.24. The second kappa shape index (κ2) is 6.38. The van der Waals surface area contributed by atoms with Crippen LogP contribution in [0.25, 0.3) is 11.3 Å². The SMILES string of the molecule is CCCOc1ccc(-c2ccc(Cl)nn2)cc1OC. The fourth-order valence-electron chi connectivity index (χ4n) is 1.63. The first-order chi connectivity index (χ1) is 9.24. The first kappa shape index (κ1) is 13.6. The van der Waals surface area contributed by atoms with Crippen molar-refractivity contribution in [3.05, 3.63) is 35.5 Å². The molecule has 1 heterocycles. The summed E-state index contributed by atoms with van der Waals surface area (Å²) in [5.74, 6) is 1.41. The van der Waals surface area contributed by atoms with Gasteiger partial charge in [-0.3, -0.25) is 0 Å². The van der Waals surface area contributed by atoms with E-state index in [9.17, 15) is 0 Å². The Morgan fingerprint density at radius 2 is 1.95 bits per heavy atom. The highest BCUT2D eigenvalue weighted by Gasteiger charge is 2.08. The highest BCUT2D eigenvalue weighted by Crippen LogP contribution is 2.31. The number of halogens is 1. The zero-order valence-electron chi connectivity index (χ0n) is 10.9. The van der Waals surface area contributed by atoms with Gasteiger partial charge in [0.15, 0.2) is 16.7 Å². The van der Waals surface area contributed by atoms with Crippen molar-refractivity contribution >= 4 is 11.6 Å². The predicted molar refractivity (Wildman–Crippen MR) is 74.8 cm³/mol. The molecule has 0 N–H and O–H groups in total. The summed E-state index contributed by atoms with van der Waals surface area (Å²) < 4.78 is 10.9. The Morgan fingerprint density at radius 1 is 1.11 bits per heavy atom. The molecule has 100 valence electrons. The summed E-state index contributed by atoms with van der Waals surface area (Å²) in [6.07, 6.45) is 0.952. The summed E-state index contributed by atoms with van der Waals surface area (Å²) in [6.45, 7) is 2.72. The summed E-state index contributed by atoms with van der Waals surface area (Å²) >= 11 is 5.72. The monoisotopic (exact) mass is 278 g/mol. The van der Waals surface area contributed by atoms with Crippen LogP contribution in [0.2, 0.25) is 5.15 Å². The van der Waals surface area contributed by atoms with E-state index < -0.39 is 0 Å². The number of hydrogen-bond acceptors (Lipinski definition) is 4. The van der Waals surface area contributed by atoms with Crippen LogP contribution >= 0.6 is 11.6 Å². The van der Waals surface area contributed by atoms with Gasteiger partial charge in [0.1, 0.15) is 0 Å². The molecule has 2 rings (SSSR count). The van der Waals surface area contributed by atoms with Gasteiger partial charge in [0.2, 0.25) is 0 Å². The Hall–Kier alpha value is -1.81. The van der Waals surface area contributed by atoms with Crippen LogP contribution in [0.5, 0.6) is 11.5 Å². The Labute approximate surface area is 117 Å². The maximum Gasteiger partial charge on any atom is 0.161 e. The molecule has 19 heavy (non-hydrogen) atoms. The first-order valence-corrected chi connectivity index (χ1v) is 6.43. The molecular weight excluding hydrogens is 264 g/mol. The Kier molecular flexibility index (Phi) is 4.58. The van der Waals surface area contributed by atoms with Crippen LogP contribution in [0, 0.1) is 0 Å². The van der Waals surface area contributed by atoms with Gasteiger partial charge in [0.25, 0.3) is 0 Å². The van der Waals surface area contributed by atoms with Crippen molar-refractivity contribution in [3.63, 3.8) is 0 Å². The van der Waals surface area contributed by atoms with E-state index in [-0.39, 0.29) is 0 Å². The van der Waals surface area contributed by atoms with Crippen LogP contribution in [-0.2, 0) is 0 Å². The molecule has 0 aliphatic heterocycles. The van der Waals surface area contributed by atoms with E-state index in [0.717, 1.165) is 23.4 Å². The average Bonchev–Trinajstić information content (AvgIpc) is 2.46. The van der Waals surface area contributed by atoms with Gasteiger partial charge in [-0.1, -0.05) is 18.5 Å². The summed E-state index contributed by atoms with van der Waals surface area (Å²) in [7, 11) is 1.62. The highest BCUT2D eigenvalue weighted by molar-refractivity contribution is 6.29. The van der Waals surface area contributed by atoms with E-state index in [1.165, 1.54) is 0 Å². The minimum absolute atomic E-state index is 0.374. The van der Waals surface area contributed by atoms with Crippen molar-refractivity contribution in [2.45, 2.75) is 13.3 Å². The van der Waals surface area contributed by atoms with E-state index >= 15 is 0 Å². The van der Waals surface area contributed by atoms with Gasteiger partial charge in [-0.2, -0.15) is 0 Å². The number of aromatic nitrogens is 2. The van der Waals surface area contributed by atoms with Crippen LogP contribution in [0.4, 0.5) is 0 Å². The van der Waals surface area contributed by atoms with Gasteiger partial charge in [0.05, 0.1) is 19.4 Å². The van der Waals surface area contributed by atoms with Gasteiger partial charge >= 0.3 is 0 Å². The third-order valence-electron chi connectivity index (χ3n) is 2.55. The number of rotatable bonds is 5. The van der Waals surface area contributed by atoms with Gasteiger partial charge in [-0.05, 0) is 36.8 Å². The molecule has 0 saturated heterocycles. The second-order valence-corrected chi connectivity index (χ2v) is 4.34. The van der Waals surface area contributed by atoms with Gasteiger partial charge in [-0.25, -0.2) is 0 Å². The van der Waals surface area contributed by atoms with Crippen molar-refractivity contribution in [3.8, 4) is 22.8 Å². The summed E-state index contributed by atoms with van der Waals surface area (Å²) in [4.78, 5) is 0. The number of hydrogen-bond donors (Lipinski definition) is 0. The highest BCUT2D eigenvalue weighted by atomic mass is 35.5. The van der Waals surface area contributed by atoms with Crippen molar-refractivity contribution in [1.82, 2.24) is 10.2 Å². The Morgan fingerprint density at radius 3 is 2.58 bits per heavy atom. The Balaban J connectivity index is 2.30. The molecule has 4 nitrogen and oxygen atoms in total. The van der Waals surface area contributed by atoms with Crippen LogP contribution in [0.3, 0.4) is 0 Å². The molecule has 1 aromatic heterocycles. The van der Waals surface area contributed by atoms with Crippen molar-refractivity contribution in [2.75, 3.05) is 13.7 Å². The predicted octanol–water partition coefficient (Wildman–Crippen LogP) is 3.59. The zero-order chi connectivity index (χ0) is 13.7. The fourth-order valence-corrected chi connectivity index (χ4v) is 1.73. The second-order valence-electron chi connectivity index (χ2n) is 3.96. The molecule has 2 aromatic rings. The molecule has 0 fully saturated rings. The molecule has 0 amide bonds. The molecule has 0 atom stereocenters. The van der Waals surface area contributed by atoms with Crippen molar-refractivity contribution in [2.24, 2.45) is 0 Å². The van der Waals surface area contributed by atoms with E-state index in [0.29, 0.717) is 17.5 Å². The van der Waals surface area contributed by atoms with E-state index in [1.807, 2.05) is 24.3 Å². The first-order valence-electron chi connectivity index (χ1n) is 6.05. The lowest BCUT2D eigenvalue weighted by Gasteiger charge is -2.11. The third kappa shape index (κ3) is 3.35. The molecule has 5 heteroatoms. The molecule has 0 bridgehead atoms. The van der Waals surface area contributed by atoms with Crippen LogP contribution in [-0.4, -0.2) is 23.9 Å². The maximum atomic E-state index is 5.72. The van der Waals surface area contributed by atoms with E-state index in [4.69, 9.17) is 21.1 Å². The lowest BCUT2D eigenvalue weighted by molar-refractivity contribution is 0.294. The largest absolute Gasteiger partial charge is 0.493 e. The lowest BCUT2D eigenvalue weighted by atomic mass is 10.1. The van der Waals surface area contributed by atoms with Crippen LogP contribution < -0.4 is 9.47 Å². The summed E-state index contributed by atoms with van der Waals surface area (Å²) in [6, 6.07) is 9.20. The standard InChI is InChI=1S/C14H15ClN2O2/c1-3-8-19-12-6-4-10(9-13(12)18-2)11-5-7-14(15)17-16-11/h4-7,9H,3,8H2,1-2H3. The average molecular weight is 279 g/mol. The van der Waals surface area contributed by atoms with Crippen molar-refractivity contribution < 1.29 is 9.47 Å². The lowest BCUT2D eigenvalue weighted by Crippen LogP contribution is -1.98. The topological polar surface area (TPSA) is 44.2 Å². The number of benzene rings is 1. The number of methoxy groups -OCH3 is 1. The normalized spacial score (nSPS) is 10.3. The van der Waals surface area contributed by atoms with Gasteiger partial charge in [0, 0.05) is 5.56 Å². The molecule has 0 spiro atoms. The quantitative estimate of drug-likeness (QED) is 0.838. The number of ether oxygens (including phenoxy) is 2. The fraction of sp³-hybridized carbons (Fsp3) is 0.286. The molecule has 0 unspecified atom stereocenters. The molecule has 0 aliphatic carbocycles. The zero-order valence-corrected chi connectivity index (χ0v) is 11.6. The van der Waals surface area contributed by atoms with Gasteiger partial charge in [-0.15, -0.1) is 10.2 Å². The molecule has 0 saturated carbocycles. The molecule has 0 radical (unpaired) electrons. The van der Waals surface area contributed by atoms with E-state index in [2.05, 4.69) is 17.1 Å². The molecule has 0 aliphatic rings. The third-order valence-corrected chi connectivity index (χ3v) is 2.75. The van der Waals surface area contributed by atoms with Crippen molar-refractivity contribution in [1.29, 1.82) is 0 Å². The van der Waals surface area contributed by atoms with Crippen LogP contribution in [0.1, 0.15) is 13.3 Å². The maximum absolute atomic E-state index is 5.72. The number of nitrogens with zero attached hydrogens (tertiary/aromatic N) is 2. The molecule has 1 aromatic carbocycles. The smallest absolute Gasteiger partial charge is 0.161 e. The van der Waals surface area contributed by atoms with Gasteiger partial charge < -0.3 is 9.47 Å². The molecular formula is C14H15ClN2O2. The minimum Gasteiger partial charge on any atom is -0.493 e. The summed E-state index contributed by atoms with van der Waals surface area (Å²) in [5.41, 5.74) is 1.65. The minimum atomic E-state index is 0.374. The van der Waals surface area contributed by atoms with E-state index in [1.54, 1.807) is 13.2 Å².